The van der Waals surface area contributed by atoms with Crippen LogP contribution in [0, 0.1) is 6.92 Å². The predicted molar refractivity (Wildman–Crippen MR) is 102 cm³/mol. The molecule has 27 heavy (non-hydrogen) atoms. The van der Waals surface area contributed by atoms with E-state index >= 15 is 0 Å². The summed E-state index contributed by atoms with van der Waals surface area (Å²) in [5.41, 5.74) is 0. The molecule has 3 heterocycles. The number of nitrogens with zero attached hydrogens (tertiary/aromatic N) is 3. The molecule has 4 rings (SSSR count). The molecule has 1 saturated heterocycles. The Morgan fingerprint density at radius 2 is 1.96 bits per heavy atom. The molecule has 0 N–H and O–H groups in total. The lowest BCUT2D eigenvalue weighted by Gasteiger charge is -2.30. The largest absolute Gasteiger partial charge is 0.458 e. The van der Waals surface area contributed by atoms with Crippen molar-refractivity contribution in [2.24, 2.45) is 0 Å². The molecule has 1 atom stereocenters. The molecule has 3 aromatic rings. The average Bonchev–Trinajstić information content (AvgIpc) is 3.31. The van der Waals surface area contributed by atoms with E-state index in [0.29, 0.717) is 30.6 Å². The van der Waals surface area contributed by atoms with Crippen molar-refractivity contribution in [1.29, 1.82) is 0 Å². The Morgan fingerprint density at radius 3 is 2.67 bits per heavy atom. The molecule has 1 unspecified atom stereocenters. The molecule has 1 aromatic carbocycles. The number of benzene rings is 1. The number of furan rings is 1. The molecule has 142 valence electrons. The van der Waals surface area contributed by atoms with Crippen molar-refractivity contribution in [2.75, 3.05) is 13.1 Å². The highest BCUT2D eigenvalue weighted by molar-refractivity contribution is 9.10. The molecule has 9 heteroatoms. The van der Waals surface area contributed by atoms with Crippen molar-refractivity contribution in [1.82, 2.24) is 14.4 Å². The fraction of sp³-hybridized carbons (Fsp3) is 0.333. The van der Waals surface area contributed by atoms with Gasteiger partial charge in [-0.2, -0.15) is 9.29 Å². The Balaban J connectivity index is 1.54. The van der Waals surface area contributed by atoms with E-state index in [0.717, 1.165) is 23.1 Å². The minimum absolute atomic E-state index is 0.138. The third kappa shape index (κ3) is 3.71. The molecule has 0 bridgehead atoms. The van der Waals surface area contributed by atoms with Crippen LogP contribution in [-0.4, -0.2) is 36.0 Å². The Hall–Kier alpha value is -1.97. The maximum absolute atomic E-state index is 12.9. The molecule has 1 aliphatic heterocycles. The van der Waals surface area contributed by atoms with E-state index in [1.807, 2.05) is 13.0 Å². The number of aromatic nitrogens is 2. The first kappa shape index (κ1) is 18.4. The van der Waals surface area contributed by atoms with Crippen molar-refractivity contribution in [3.05, 3.63) is 52.5 Å². The second-order valence-electron chi connectivity index (χ2n) is 6.52. The lowest BCUT2D eigenvalue weighted by atomic mass is 10.00. The zero-order valence-corrected chi connectivity index (χ0v) is 17.0. The Kier molecular flexibility index (Phi) is 4.92. The summed E-state index contributed by atoms with van der Waals surface area (Å²) in [4.78, 5) is 4.70. The first-order chi connectivity index (χ1) is 12.9. The van der Waals surface area contributed by atoms with Gasteiger partial charge in [-0.3, -0.25) is 0 Å². The van der Waals surface area contributed by atoms with Crippen molar-refractivity contribution in [3.63, 3.8) is 0 Å². The maximum atomic E-state index is 12.9. The second-order valence-corrected chi connectivity index (χ2v) is 9.38. The summed E-state index contributed by atoms with van der Waals surface area (Å²) in [6.07, 6.45) is 1.53. The molecule has 1 fully saturated rings. The highest BCUT2D eigenvalue weighted by Gasteiger charge is 2.33. The lowest BCUT2D eigenvalue weighted by molar-refractivity contribution is 0.265. The quantitative estimate of drug-likeness (QED) is 0.595. The molecule has 2 aromatic heterocycles. The summed E-state index contributed by atoms with van der Waals surface area (Å²) < 4.78 is 39.1. The number of rotatable bonds is 4. The summed E-state index contributed by atoms with van der Waals surface area (Å²) in [7, 11) is -3.56. The summed E-state index contributed by atoms with van der Waals surface area (Å²) in [6, 6.07) is 10.3. The van der Waals surface area contributed by atoms with Gasteiger partial charge in [0.15, 0.2) is 5.76 Å². The summed E-state index contributed by atoms with van der Waals surface area (Å²) >= 11 is 3.33. The van der Waals surface area contributed by atoms with Gasteiger partial charge < -0.3 is 8.94 Å². The van der Waals surface area contributed by atoms with E-state index in [-0.39, 0.29) is 10.8 Å². The predicted octanol–water partition coefficient (Wildman–Crippen LogP) is 3.97. The first-order valence-corrected chi connectivity index (χ1v) is 10.8. The average molecular weight is 452 g/mol. The Bertz CT molecular complexity index is 1040. The lowest BCUT2D eigenvalue weighted by Crippen LogP contribution is -2.39. The van der Waals surface area contributed by atoms with E-state index in [1.54, 1.807) is 30.3 Å². The Morgan fingerprint density at radius 1 is 1.19 bits per heavy atom. The topological polar surface area (TPSA) is 89.4 Å². The Labute approximate surface area is 165 Å². The molecule has 0 saturated carbocycles. The number of hydrogen-bond acceptors (Lipinski definition) is 6. The number of piperidine rings is 1. The highest BCUT2D eigenvalue weighted by Crippen LogP contribution is 2.31. The SMILES string of the molecule is Cc1ccc(-c2noc(C3CCCN(S(=O)(=O)c4ccc(Br)cc4)C3)n2)o1. The van der Waals surface area contributed by atoms with Crippen molar-refractivity contribution < 1.29 is 17.4 Å². The van der Waals surface area contributed by atoms with E-state index < -0.39 is 10.0 Å². The normalized spacial score (nSPS) is 18.7. The van der Waals surface area contributed by atoms with Gasteiger partial charge in [-0.15, -0.1) is 0 Å². The van der Waals surface area contributed by atoms with E-state index in [2.05, 4.69) is 26.1 Å². The van der Waals surface area contributed by atoms with Crippen LogP contribution in [0.25, 0.3) is 11.6 Å². The van der Waals surface area contributed by atoms with Gasteiger partial charge in [0.2, 0.25) is 21.7 Å². The zero-order chi connectivity index (χ0) is 19.0. The monoisotopic (exact) mass is 451 g/mol. The summed E-state index contributed by atoms with van der Waals surface area (Å²) in [5.74, 6) is 1.99. The van der Waals surface area contributed by atoms with Gasteiger partial charge in [0, 0.05) is 17.6 Å². The zero-order valence-electron chi connectivity index (χ0n) is 14.6. The minimum atomic E-state index is -3.56. The fourth-order valence-electron chi connectivity index (χ4n) is 3.17. The maximum Gasteiger partial charge on any atom is 0.243 e. The number of aryl methyl sites for hydroxylation is 1. The van der Waals surface area contributed by atoms with E-state index in [4.69, 9.17) is 8.94 Å². The van der Waals surface area contributed by atoms with Crippen LogP contribution in [0.2, 0.25) is 0 Å². The van der Waals surface area contributed by atoms with Gasteiger partial charge in [0.05, 0.1) is 10.8 Å². The minimum Gasteiger partial charge on any atom is -0.458 e. The number of hydrogen-bond donors (Lipinski definition) is 0. The third-order valence-corrected chi connectivity index (χ3v) is 7.00. The molecular formula is C18H18BrN3O4S. The van der Waals surface area contributed by atoms with Gasteiger partial charge in [0.1, 0.15) is 5.76 Å². The van der Waals surface area contributed by atoms with Crippen molar-refractivity contribution in [2.45, 2.75) is 30.6 Å². The van der Waals surface area contributed by atoms with Crippen LogP contribution < -0.4 is 0 Å². The van der Waals surface area contributed by atoms with Crippen LogP contribution >= 0.6 is 15.9 Å². The van der Waals surface area contributed by atoms with Crippen molar-refractivity contribution >= 4 is 26.0 Å². The molecule has 0 spiro atoms. The number of halogens is 1. The molecular weight excluding hydrogens is 434 g/mol. The van der Waals surface area contributed by atoms with Crippen molar-refractivity contribution in [3.8, 4) is 11.6 Å². The fourth-order valence-corrected chi connectivity index (χ4v) is 4.96. The van der Waals surface area contributed by atoms with Crippen LogP contribution in [0.4, 0.5) is 0 Å². The van der Waals surface area contributed by atoms with Crippen LogP contribution in [0.15, 0.2) is 54.7 Å². The van der Waals surface area contributed by atoms with E-state index in [1.165, 1.54) is 4.31 Å². The van der Waals surface area contributed by atoms with E-state index in [9.17, 15) is 8.42 Å². The molecule has 1 aliphatic rings. The van der Waals surface area contributed by atoms with Gasteiger partial charge in [-0.05, 0) is 56.2 Å². The summed E-state index contributed by atoms with van der Waals surface area (Å²) in [6.45, 7) is 2.64. The third-order valence-electron chi connectivity index (χ3n) is 4.59. The van der Waals surface area contributed by atoms with Gasteiger partial charge in [0.25, 0.3) is 0 Å². The van der Waals surface area contributed by atoms with Crippen LogP contribution in [0.1, 0.15) is 30.4 Å². The smallest absolute Gasteiger partial charge is 0.243 e. The van der Waals surface area contributed by atoms with Gasteiger partial charge >= 0.3 is 0 Å². The number of sulfonamides is 1. The standard InChI is InChI=1S/C18H18BrN3O4S/c1-12-4-9-16(25-12)17-20-18(26-21-17)13-3-2-10-22(11-13)27(23,24)15-7-5-14(19)6-8-15/h4-9,13H,2-3,10-11H2,1H3. The molecule has 0 aliphatic carbocycles. The first-order valence-electron chi connectivity index (χ1n) is 8.59. The molecule has 7 nitrogen and oxygen atoms in total. The van der Waals surface area contributed by atoms with Crippen LogP contribution in [-0.2, 0) is 10.0 Å². The van der Waals surface area contributed by atoms with Crippen LogP contribution in [0.3, 0.4) is 0 Å². The molecule has 0 amide bonds. The summed E-state index contributed by atoms with van der Waals surface area (Å²) in [5, 5.41) is 3.98. The molecule has 0 radical (unpaired) electrons. The van der Waals surface area contributed by atoms with Crippen LogP contribution in [0.5, 0.6) is 0 Å². The second kappa shape index (κ2) is 7.21. The van der Waals surface area contributed by atoms with Gasteiger partial charge in [-0.1, -0.05) is 21.1 Å². The van der Waals surface area contributed by atoms with Gasteiger partial charge in [-0.25, -0.2) is 8.42 Å². The highest BCUT2D eigenvalue weighted by atomic mass is 79.9.